The summed E-state index contributed by atoms with van der Waals surface area (Å²) in [6, 6.07) is 4.51. The lowest BCUT2D eigenvalue weighted by Gasteiger charge is -2.10. The van der Waals surface area contributed by atoms with Gasteiger partial charge in [0, 0.05) is 5.56 Å². The molecule has 0 saturated heterocycles. The Morgan fingerprint density at radius 2 is 1.94 bits per heavy atom. The Bertz CT molecular complexity index is 532. The van der Waals surface area contributed by atoms with Crippen molar-refractivity contribution in [1.29, 1.82) is 0 Å². The van der Waals surface area contributed by atoms with Crippen LogP contribution in [0.3, 0.4) is 0 Å². The van der Waals surface area contributed by atoms with Gasteiger partial charge in [0.05, 0.1) is 11.8 Å². The van der Waals surface area contributed by atoms with Gasteiger partial charge in [-0.1, -0.05) is 18.2 Å². The van der Waals surface area contributed by atoms with E-state index in [1.54, 1.807) is 0 Å². The summed E-state index contributed by atoms with van der Waals surface area (Å²) in [4.78, 5) is 15.3. The summed E-state index contributed by atoms with van der Waals surface area (Å²) in [7, 11) is 0. The molecule has 6 heteroatoms. The maximum Gasteiger partial charge on any atom is 0.417 e. The van der Waals surface area contributed by atoms with Gasteiger partial charge in [0.25, 0.3) is 5.89 Å². The lowest BCUT2D eigenvalue weighted by Crippen LogP contribution is -2.13. The topological polar surface area (TPSA) is 43.1 Å². The van der Waals surface area contributed by atoms with Crippen molar-refractivity contribution in [3.8, 4) is 0 Å². The summed E-state index contributed by atoms with van der Waals surface area (Å²) < 4.78 is 42.6. The number of alkyl halides is 3. The molecule has 3 nitrogen and oxygen atoms in total. The number of oxazole rings is 1. The summed E-state index contributed by atoms with van der Waals surface area (Å²) in [5.74, 6) is -1.25. The molecule has 0 aliphatic heterocycles. The normalized spacial score (nSPS) is 11.5. The molecule has 1 aromatic heterocycles. The van der Waals surface area contributed by atoms with Crippen LogP contribution in [0.4, 0.5) is 13.2 Å². The molecular formula is C11H6F3NO2. The number of halogens is 3. The largest absolute Gasteiger partial charge is 0.442 e. The van der Waals surface area contributed by atoms with Crippen LogP contribution in [0.15, 0.2) is 41.1 Å². The fourth-order valence-electron chi connectivity index (χ4n) is 1.38. The van der Waals surface area contributed by atoms with Crippen molar-refractivity contribution >= 4 is 5.78 Å². The fourth-order valence-corrected chi connectivity index (χ4v) is 1.38. The van der Waals surface area contributed by atoms with E-state index in [-0.39, 0.29) is 5.89 Å². The van der Waals surface area contributed by atoms with E-state index in [4.69, 9.17) is 0 Å². The molecule has 0 unspecified atom stereocenters. The number of hydrogen-bond donors (Lipinski definition) is 0. The van der Waals surface area contributed by atoms with Crippen LogP contribution in [0.5, 0.6) is 0 Å². The minimum absolute atomic E-state index is 0.360. The van der Waals surface area contributed by atoms with Crippen LogP contribution in [-0.2, 0) is 6.18 Å². The van der Waals surface area contributed by atoms with Crippen molar-refractivity contribution in [3.63, 3.8) is 0 Å². The summed E-state index contributed by atoms with van der Waals surface area (Å²) >= 11 is 0. The molecule has 17 heavy (non-hydrogen) atoms. The van der Waals surface area contributed by atoms with E-state index in [0.717, 1.165) is 18.4 Å². The first-order chi connectivity index (χ1) is 8.00. The summed E-state index contributed by atoms with van der Waals surface area (Å²) in [6.07, 6.45) is -2.26. The molecule has 0 amide bonds. The number of ketones is 1. The molecule has 0 aliphatic rings. The zero-order chi connectivity index (χ0) is 12.5. The lowest BCUT2D eigenvalue weighted by molar-refractivity contribution is -0.137. The molecule has 0 atom stereocenters. The average Bonchev–Trinajstić information content (AvgIpc) is 2.80. The first kappa shape index (κ1) is 11.4. The highest BCUT2D eigenvalue weighted by atomic mass is 19.4. The molecule has 0 fully saturated rings. The van der Waals surface area contributed by atoms with Crippen molar-refractivity contribution in [2.45, 2.75) is 6.18 Å². The van der Waals surface area contributed by atoms with Crippen LogP contribution >= 0.6 is 0 Å². The van der Waals surface area contributed by atoms with E-state index in [9.17, 15) is 18.0 Å². The second-order valence-electron chi connectivity index (χ2n) is 3.21. The highest BCUT2D eigenvalue weighted by molar-refractivity contribution is 6.07. The minimum atomic E-state index is -4.58. The SMILES string of the molecule is O=C(c1ncco1)c1ccccc1C(F)(F)F. The van der Waals surface area contributed by atoms with E-state index in [2.05, 4.69) is 9.40 Å². The van der Waals surface area contributed by atoms with E-state index in [1.807, 2.05) is 0 Å². The zero-order valence-corrected chi connectivity index (χ0v) is 8.36. The van der Waals surface area contributed by atoms with Gasteiger partial charge >= 0.3 is 6.18 Å². The van der Waals surface area contributed by atoms with Gasteiger partial charge in [-0.25, -0.2) is 4.98 Å². The maximum absolute atomic E-state index is 12.6. The van der Waals surface area contributed by atoms with E-state index >= 15 is 0 Å². The molecular weight excluding hydrogens is 235 g/mol. The smallest absolute Gasteiger partial charge is 0.417 e. The monoisotopic (exact) mass is 241 g/mol. The average molecular weight is 241 g/mol. The molecule has 0 bridgehead atoms. The summed E-state index contributed by atoms with van der Waals surface area (Å²) in [5, 5.41) is 0. The fraction of sp³-hybridized carbons (Fsp3) is 0.0909. The third-order valence-corrected chi connectivity index (χ3v) is 2.10. The van der Waals surface area contributed by atoms with Gasteiger partial charge < -0.3 is 4.42 Å². The lowest BCUT2D eigenvalue weighted by atomic mass is 10.0. The van der Waals surface area contributed by atoms with Gasteiger partial charge in [0.15, 0.2) is 0 Å². The summed E-state index contributed by atoms with van der Waals surface area (Å²) in [5.41, 5.74) is -1.47. The van der Waals surface area contributed by atoms with Gasteiger partial charge in [0.1, 0.15) is 6.26 Å². The molecule has 0 aliphatic carbocycles. The standard InChI is InChI=1S/C11H6F3NO2/c12-11(13,14)8-4-2-1-3-7(8)9(16)10-15-5-6-17-10/h1-6H. The predicted octanol–water partition coefficient (Wildman–Crippen LogP) is 2.92. The molecule has 0 spiro atoms. The molecule has 0 saturated carbocycles. The number of nitrogens with zero attached hydrogens (tertiary/aromatic N) is 1. The molecule has 0 radical (unpaired) electrons. The Hall–Kier alpha value is -2.11. The van der Waals surface area contributed by atoms with Crippen LogP contribution in [0, 0.1) is 0 Å². The van der Waals surface area contributed by atoms with Gasteiger partial charge in [-0.3, -0.25) is 4.79 Å². The maximum atomic E-state index is 12.6. The molecule has 1 aromatic carbocycles. The van der Waals surface area contributed by atoms with Crippen LogP contribution in [0.2, 0.25) is 0 Å². The molecule has 2 rings (SSSR count). The number of carbonyl (C=O) groups is 1. The van der Waals surface area contributed by atoms with E-state index in [1.165, 1.54) is 18.3 Å². The molecule has 88 valence electrons. The Morgan fingerprint density at radius 1 is 1.24 bits per heavy atom. The number of aromatic nitrogens is 1. The Kier molecular flexibility index (Phi) is 2.71. The highest BCUT2D eigenvalue weighted by Crippen LogP contribution is 2.32. The number of hydrogen-bond acceptors (Lipinski definition) is 3. The van der Waals surface area contributed by atoms with Gasteiger partial charge in [-0.05, 0) is 6.07 Å². The minimum Gasteiger partial charge on any atom is -0.442 e. The van der Waals surface area contributed by atoms with Gasteiger partial charge in [0.2, 0.25) is 5.78 Å². The number of carbonyl (C=O) groups excluding carboxylic acids is 1. The molecule has 1 heterocycles. The van der Waals surface area contributed by atoms with Crippen molar-refractivity contribution in [1.82, 2.24) is 4.98 Å². The van der Waals surface area contributed by atoms with Crippen molar-refractivity contribution < 1.29 is 22.4 Å². The van der Waals surface area contributed by atoms with Gasteiger partial charge in [-0.15, -0.1) is 0 Å². The van der Waals surface area contributed by atoms with Crippen LogP contribution in [0.25, 0.3) is 0 Å². The Labute approximate surface area is 93.9 Å². The third-order valence-electron chi connectivity index (χ3n) is 2.10. The van der Waals surface area contributed by atoms with Crippen LogP contribution < -0.4 is 0 Å². The second kappa shape index (κ2) is 4.04. The van der Waals surface area contributed by atoms with Crippen molar-refractivity contribution in [2.24, 2.45) is 0 Å². The number of rotatable bonds is 2. The first-order valence-corrected chi connectivity index (χ1v) is 4.60. The molecule has 0 N–H and O–H groups in total. The Morgan fingerprint density at radius 3 is 2.53 bits per heavy atom. The zero-order valence-electron chi connectivity index (χ0n) is 8.36. The molecule has 2 aromatic rings. The summed E-state index contributed by atoms with van der Waals surface area (Å²) in [6.45, 7) is 0. The third kappa shape index (κ3) is 2.20. The van der Waals surface area contributed by atoms with E-state index in [0.29, 0.717) is 0 Å². The second-order valence-corrected chi connectivity index (χ2v) is 3.21. The van der Waals surface area contributed by atoms with Crippen LogP contribution in [-0.4, -0.2) is 10.8 Å². The van der Waals surface area contributed by atoms with Crippen molar-refractivity contribution in [2.75, 3.05) is 0 Å². The first-order valence-electron chi connectivity index (χ1n) is 4.60. The number of benzene rings is 1. The highest BCUT2D eigenvalue weighted by Gasteiger charge is 2.35. The van der Waals surface area contributed by atoms with Crippen molar-refractivity contribution in [3.05, 3.63) is 53.7 Å². The predicted molar refractivity (Wildman–Crippen MR) is 51.4 cm³/mol. The van der Waals surface area contributed by atoms with Gasteiger partial charge in [-0.2, -0.15) is 13.2 Å². The Balaban J connectivity index is 2.50. The quantitative estimate of drug-likeness (QED) is 0.759. The van der Waals surface area contributed by atoms with Crippen LogP contribution in [0.1, 0.15) is 21.8 Å². The van der Waals surface area contributed by atoms with E-state index < -0.39 is 23.1 Å².